The molecule has 0 aromatic rings. The molecule has 0 aliphatic heterocycles. The zero-order chi connectivity index (χ0) is 10.5. The minimum absolute atomic E-state index is 0. The van der Waals surface area contributed by atoms with E-state index in [2.05, 4.69) is 10.9 Å². The number of hydrogen-bond donors (Lipinski definition) is 3. The molecule has 6 nitrogen and oxygen atoms in total. The van der Waals surface area contributed by atoms with Crippen molar-refractivity contribution in [3.63, 3.8) is 0 Å². The van der Waals surface area contributed by atoms with Gasteiger partial charge in [0.1, 0.15) is 0 Å². The molecule has 1 radical (unpaired) electrons. The molecular formula is C7H20N4O2Ru+. The molecule has 7 heteroatoms. The van der Waals surface area contributed by atoms with Crippen LogP contribution < -0.4 is 16.2 Å². The molecule has 0 bridgehead atoms. The van der Waals surface area contributed by atoms with Crippen LogP contribution in [0.5, 0.6) is 0 Å². The Kier molecular flexibility index (Phi) is 9.18. The minimum Gasteiger partial charge on any atom is -0.577 e. The number of hydrazine groups is 1. The summed E-state index contributed by atoms with van der Waals surface area (Å²) in [5.41, 5.74) is 4.97. The second-order valence-electron chi connectivity index (χ2n) is 3.60. The third-order valence-corrected chi connectivity index (χ3v) is 1.38. The van der Waals surface area contributed by atoms with Crippen LogP contribution in [0.1, 0.15) is 27.7 Å². The molecule has 3 N–H and O–H groups in total. The van der Waals surface area contributed by atoms with Gasteiger partial charge in [0.25, 0.3) is 0 Å². The Hall–Kier alpha value is 0.383. The van der Waals surface area contributed by atoms with Crippen molar-refractivity contribution in [3.05, 3.63) is 5.21 Å². The monoisotopic (exact) mass is 294 g/mol. The Morgan fingerprint density at radius 2 is 1.93 bits per heavy atom. The van der Waals surface area contributed by atoms with Crippen LogP contribution in [0.3, 0.4) is 0 Å². The van der Waals surface area contributed by atoms with Gasteiger partial charge in [-0.25, -0.2) is 5.43 Å². The van der Waals surface area contributed by atoms with Gasteiger partial charge in [0.05, 0.1) is 5.54 Å². The largest absolute Gasteiger partial charge is 1.00 e. The quantitative estimate of drug-likeness (QED) is 0.447. The van der Waals surface area contributed by atoms with Crippen molar-refractivity contribution in [2.45, 2.75) is 33.2 Å². The fraction of sp³-hybridized carbons (Fsp3) is 1.00. The fourth-order valence-electron chi connectivity index (χ4n) is 0.880. The number of nitrogens with one attached hydrogen (secondary N) is 3. The van der Waals surface area contributed by atoms with Crippen LogP contribution in [-0.2, 0) is 24.4 Å². The van der Waals surface area contributed by atoms with Crippen LogP contribution in [0, 0.1) is 5.21 Å². The fourth-order valence-corrected chi connectivity index (χ4v) is 0.880. The Morgan fingerprint density at radius 1 is 1.43 bits per heavy atom. The summed E-state index contributed by atoms with van der Waals surface area (Å²) in [6.07, 6.45) is 0. The summed E-state index contributed by atoms with van der Waals surface area (Å²) < 4.78 is 0. The second kappa shape index (κ2) is 7.65. The molecule has 0 aromatic heterocycles. The van der Waals surface area contributed by atoms with E-state index in [0.717, 1.165) is 0 Å². The predicted molar refractivity (Wildman–Crippen MR) is 49.7 cm³/mol. The SMILES string of the molecule is CCNO[NH+]([O-])N(NC)C(C)(C)C.[Ru+]. The van der Waals surface area contributed by atoms with E-state index in [9.17, 15) is 5.21 Å². The molecule has 0 aromatic carbocycles. The zero-order valence-electron chi connectivity index (χ0n) is 9.32. The van der Waals surface area contributed by atoms with E-state index in [-0.39, 0.29) is 25.0 Å². The van der Waals surface area contributed by atoms with Crippen LogP contribution >= 0.6 is 0 Å². The molecule has 1 unspecified atom stereocenters. The van der Waals surface area contributed by atoms with Crippen LogP contribution in [-0.4, -0.2) is 24.2 Å². The van der Waals surface area contributed by atoms with E-state index in [1.807, 2.05) is 27.7 Å². The topological polar surface area (TPSA) is 64.0 Å². The molecule has 0 amide bonds. The minimum atomic E-state index is -0.433. The molecule has 1 atom stereocenters. The van der Waals surface area contributed by atoms with Crippen LogP contribution in [0.15, 0.2) is 0 Å². The summed E-state index contributed by atoms with van der Waals surface area (Å²) in [4.78, 5) is 4.75. The number of hydroxylamine groups is 1. The molecule has 87 valence electrons. The average Bonchev–Trinajstić information content (AvgIpc) is 1.99. The van der Waals surface area contributed by atoms with Gasteiger partial charge in [-0.15, -0.1) is 10.8 Å². The van der Waals surface area contributed by atoms with Gasteiger partial charge >= 0.3 is 19.5 Å². The van der Waals surface area contributed by atoms with E-state index in [1.54, 1.807) is 7.05 Å². The van der Waals surface area contributed by atoms with Crippen molar-refractivity contribution in [1.29, 1.82) is 0 Å². The molecule has 0 heterocycles. The van der Waals surface area contributed by atoms with E-state index in [1.165, 1.54) is 5.12 Å². The van der Waals surface area contributed by atoms with Gasteiger partial charge in [-0.3, -0.25) is 0 Å². The Labute approximate surface area is 98.1 Å². The Morgan fingerprint density at radius 3 is 2.21 bits per heavy atom. The summed E-state index contributed by atoms with van der Waals surface area (Å²) in [5.74, 6) is 0. The third-order valence-electron chi connectivity index (χ3n) is 1.38. The first-order valence-corrected chi connectivity index (χ1v) is 4.34. The summed E-state index contributed by atoms with van der Waals surface area (Å²) in [6.45, 7) is 8.19. The molecule has 0 aliphatic rings. The second-order valence-corrected chi connectivity index (χ2v) is 3.60. The van der Waals surface area contributed by atoms with Gasteiger partial charge in [0, 0.05) is 13.6 Å². The summed E-state index contributed by atoms with van der Waals surface area (Å²) in [5, 5.41) is 12.3. The van der Waals surface area contributed by atoms with E-state index in [4.69, 9.17) is 4.94 Å². The first-order chi connectivity index (χ1) is 5.93. The zero-order valence-corrected chi connectivity index (χ0v) is 11.1. The third kappa shape index (κ3) is 5.98. The molecule has 14 heavy (non-hydrogen) atoms. The van der Waals surface area contributed by atoms with Crippen LogP contribution in [0.4, 0.5) is 0 Å². The Bertz CT molecular complexity index is 142. The maximum Gasteiger partial charge on any atom is 1.00 e. The van der Waals surface area contributed by atoms with Crippen molar-refractivity contribution in [3.8, 4) is 0 Å². The summed E-state index contributed by atoms with van der Waals surface area (Å²) in [7, 11) is 1.68. The van der Waals surface area contributed by atoms with Crippen molar-refractivity contribution < 1.29 is 29.8 Å². The maximum absolute atomic E-state index is 11.4. The molecule has 0 saturated heterocycles. The van der Waals surface area contributed by atoms with Gasteiger partial charge in [0.15, 0.2) is 0 Å². The molecule has 0 aliphatic carbocycles. The molecule has 0 rings (SSSR count). The molecule has 0 fully saturated rings. The van der Waals surface area contributed by atoms with Gasteiger partial charge in [-0.05, 0) is 25.9 Å². The smallest absolute Gasteiger partial charge is 0.577 e. The van der Waals surface area contributed by atoms with E-state index >= 15 is 0 Å². The summed E-state index contributed by atoms with van der Waals surface area (Å²) >= 11 is 0. The summed E-state index contributed by atoms with van der Waals surface area (Å²) in [6, 6.07) is 0. The van der Waals surface area contributed by atoms with Crippen LogP contribution in [0.25, 0.3) is 0 Å². The first kappa shape index (κ1) is 16.8. The van der Waals surface area contributed by atoms with E-state index in [0.29, 0.717) is 6.54 Å². The van der Waals surface area contributed by atoms with Crippen molar-refractivity contribution in [2.24, 2.45) is 0 Å². The number of quaternary nitrogens is 1. The molecular weight excluding hydrogens is 273 g/mol. The maximum atomic E-state index is 11.4. The number of hydrogen-bond acceptors (Lipinski definition) is 5. The molecule has 0 spiro atoms. The molecule has 0 saturated carbocycles. The number of nitrogens with zero attached hydrogens (tertiary/aromatic N) is 1. The standard InChI is InChI=1S/C7H20N4O2.Ru/c1-6-9-13-11(12)10(8-5)7(2,3)4;/h8-9,11H,6H2,1-5H3;/q;+1. The van der Waals surface area contributed by atoms with Crippen molar-refractivity contribution in [2.75, 3.05) is 13.6 Å². The first-order valence-electron chi connectivity index (χ1n) is 4.34. The average molecular weight is 293 g/mol. The predicted octanol–water partition coefficient (Wildman–Crippen LogP) is -1.03. The van der Waals surface area contributed by atoms with Crippen molar-refractivity contribution >= 4 is 0 Å². The van der Waals surface area contributed by atoms with Crippen molar-refractivity contribution in [1.82, 2.24) is 16.0 Å². The van der Waals surface area contributed by atoms with Gasteiger partial charge in [-0.1, -0.05) is 11.9 Å². The van der Waals surface area contributed by atoms with Gasteiger partial charge in [0.2, 0.25) is 0 Å². The van der Waals surface area contributed by atoms with Gasteiger partial charge < -0.3 is 5.21 Å². The van der Waals surface area contributed by atoms with Crippen LogP contribution in [0.2, 0.25) is 0 Å². The normalized spacial score (nSPS) is 13.9. The van der Waals surface area contributed by atoms with E-state index < -0.39 is 5.34 Å². The van der Waals surface area contributed by atoms with Gasteiger partial charge in [-0.2, -0.15) is 0 Å². The Balaban J connectivity index is 0. The number of rotatable bonds is 5.